The first-order chi connectivity index (χ1) is 11.4. The highest BCUT2D eigenvalue weighted by Crippen LogP contribution is 2.20. The number of hydrogen-bond acceptors (Lipinski definition) is 3. The third-order valence-electron chi connectivity index (χ3n) is 3.94. The van der Waals surface area contributed by atoms with Crippen LogP contribution < -0.4 is 4.72 Å². The molecule has 24 heavy (non-hydrogen) atoms. The zero-order valence-corrected chi connectivity index (χ0v) is 15.0. The Morgan fingerprint density at radius 1 is 1.12 bits per heavy atom. The van der Waals surface area contributed by atoms with Crippen LogP contribution in [0.4, 0.5) is 0 Å². The summed E-state index contributed by atoms with van der Waals surface area (Å²) < 4.78 is 29.2. The van der Waals surface area contributed by atoms with Crippen molar-refractivity contribution >= 4 is 32.4 Å². The van der Waals surface area contributed by atoms with E-state index in [1.807, 2.05) is 44.2 Å². The molecule has 1 heterocycles. The third-order valence-corrected chi connectivity index (χ3v) is 5.95. The van der Waals surface area contributed by atoms with Gasteiger partial charge >= 0.3 is 0 Å². The number of sulfonamides is 1. The fourth-order valence-electron chi connectivity index (χ4n) is 2.60. The van der Waals surface area contributed by atoms with Crippen molar-refractivity contribution in [2.24, 2.45) is 0 Å². The number of rotatable bonds is 5. The standard InChI is InChI=1S/C17H18ClN3O2S/c1-12-17(18)13(2)21(20-12)10-9-19-24(22,23)16-8-7-14-5-3-4-6-15(14)11-16/h3-8,11,19H,9-10H2,1-2H3. The van der Waals surface area contributed by atoms with Gasteiger partial charge in [-0.05, 0) is 36.8 Å². The van der Waals surface area contributed by atoms with Crippen molar-refractivity contribution in [3.63, 3.8) is 0 Å². The number of nitrogens with one attached hydrogen (secondary N) is 1. The lowest BCUT2D eigenvalue weighted by atomic mass is 10.1. The molecule has 5 nitrogen and oxygen atoms in total. The van der Waals surface area contributed by atoms with E-state index in [1.54, 1.807) is 16.8 Å². The molecule has 0 amide bonds. The molecule has 7 heteroatoms. The molecule has 0 aliphatic rings. The summed E-state index contributed by atoms with van der Waals surface area (Å²) in [4.78, 5) is 0.257. The smallest absolute Gasteiger partial charge is 0.240 e. The summed E-state index contributed by atoms with van der Waals surface area (Å²) in [6.45, 7) is 4.35. The fourth-order valence-corrected chi connectivity index (χ4v) is 3.79. The van der Waals surface area contributed by atoms with Gasteiger partial charge in [-0.1, -0.05) is 41.9 Å². The van der Waals surface area contributed by atoms with Crippen LogP contribution in [-0.4, -0.2) is 24.7 Å². The van der Waals surface area contributed by atoms with Gasteiger partial charge in [0.25, 0.3) is 0 Å². The lowest BCUT2D eigenvalue weighted by Gasteiger charge is -2.09. The Morgan fingerprint density at radius 2 is 1.83 bits per heavy atom. The van der Waals surface area contributed by atoms with Gasteiger partial charge in [-0.15, -0.1) is 0 Å². The summed E-state index contributed by atoms with van der Waals surface area (Å²) in [5.41, 5.74) is 1.57. The van der Waals surface area contributed by atoms with Crippen LogP contribution in [0.1, 0.15) is 11.4 Å². The molecule has 0 saturated heterocycles. The van der Waals surface area contributed by atoms with Crippen molar-refractivity contribution in [1.82, 2.24) is 14.5 Å². The number of aromatic nitrogens is 2. The Morgan fingerprint density at radius 3 is 2.50 bits per heavy atom. The van der Waals surface area contributed by atoms with E-state index in [9.17, 15) is 8.42 Å². The van der Waals surface area contributed by atoms with Crippen LogP contribution >= 0.6 is 11.6 Å². The Balaban J connectivity index is 1.74. The van der Waals surface area contributed by atoms with Crippen LogP contribution in [0.2, 0.25) is 5.02 Å². The first-order valence-corrected chi connectivity index (χ1v) is 9.42. The van der Waals surface area contributed by atoms with Crippen molar-refractivity contribution in [2.45, 2.75) is 25.3 Å². The molecule has 0 aliphatic carbocycles. The van der Waals surface area contributed by atoms with Gasteiger partial charge in [-0.25, -0.2) is 13.1 Å². The van der Waals surface area contributed by atoms with E-state index in [0.29, 0.717) is 11.6 Å². The normalized spacial score (nSPS) is 12.0. The first-order valence-electron chi connectivity index (χ1n) is 7.56. The number of fused-ring (bicyclic) bond motifs is 1. The summed E-state index contributed by atoms with van der Waals surface area (Å²) in [6, 6.07) is 12.8. The van der Waals surface area contributed by atoms with E-state index in [1.165, 1.54) is 0 Å². The molecule has 0 saturated carbocycles. The number of benzene rings is 2. The average molecular weight is 364 g/mol. The van der Waals surface area contributed by atoms with Gasteiger partial charge in [0.15, 0.2) is 0 Å². The maximum atomic E-state index is 12.5. The Labute approximate surface area is 146 Å². The SMILES string of the molecule is Cc1nn(CCNS(=O)(=O)c2ccc3ccccc3c2)c(C)c1Cl. The van der Waals surface area contributed by atoms with Crippen molar-refractivity contribution in [1.29, 1.82) is 0 Å². The number of nitrogens with zero attached hydrogens (tertiary/aromatic N) is 2. The lowest BCUT2D eigenvalue weighted by Crippen LogP contribution is -2.28. The molecule has 3 aromatic rings. The van der Waals surface area contributed by atoms with E-state index >= 15 is 0 Å². The van der Waals surface area contributed by atoms with Crippen molar-refractivity contribution in [3.8, 4) is 0 Å². The summed E-state index contributed by atoms with van der Waals surface area (Å²) in [7, 11) is -3.56. The highest BCUT2D eigenvalue weighted by molar-refractivity contribution is 7.89. The Hall–Kier alpha value is -1.89. The monoisotopic (exact) mass is 363 g/mol. The molecule has 0 aliphatic heterocycles. The quantitative estimate of drug-likeness (QED) is 0.756. The van der Waals surface area contributed by atoms with Gasteiger partial charge < -0.3 is 0 Å². The molecule has 2 aromatic carbocycles. The highest BCUT2D eigenvalue weighted by Gasteiger charge is 2.15. The summed E-state index contributed by atoms with van der Waals surface area (Å²) in [5.74, 6) is 0. The number of hydrogen-bond donors (Lipinski definition) is 1. The molecule has 1 aromatic heterocycles. The van der Waals surface area contributed by atoms with Crippen LogP contribution in [0.3, 0.4) is 0 Å². The van der Waals surface area contributed by atoms with E-state index in [2.05, 4.69) is 9.82 Å². The zero-order valence-electron chi connectivity index (χ0n) is 13.5. The van der Waals surface area contributed by atoms with Gasteiger partial charge in [-0.2, -0.15) is 5.10 Å². The Bertz CT molecular complexity index is 996. The van der Waals surface area contributed by atoms with Crippen LogP contribution in [0.5, 0.6) is 0 Å². The number of halogens is 1. The van der Waals surface area contributed by atoms with E-state index in [4.69, 9.17) is 11.6 Å². The minimum atomic E-state index is -3.56. The Kier molecular flexibility index (Phi) is 4.62. The van der Waals surface area contributed by atoms with Crippen molar-refractivity contribution in [3.05, 3.63) is 58.9 Å². The van der Waals surface area contributed by atoms with E-state index in [0.717, 1.165) is 22.2 Å². The van der Waals surface area contributed by atoms with Crippen molar-refractivity contribution in [2.75, 3.05) is 6.54 Å². The summed E-state index contributed by atoms with van der Waals surface area (Å²) in [6.07, 6.45) is 0. The van der Waals surface area contributed by atoms with Crippen LogP contribution in [0, 0.1) is 13.8 Å². The largest absolute Gasteiger partial charge is 0.267 e. The van der Waals surface area contributed by atoms with Gasteiger partial charge in [0.2, 0.25) is 10.0 Å². The van der Waals surface area contributed by atoms with Gasteiger partial charge in [-0.3, -0.25) is 4.68 Å². The van der Waals surface area contributed by atoms with Crippen LogP contribution in [-0.2, 0) is 16.6 Å². The minimum absolute atomic E-state index is 0.244. The maximum Gasteiger partial charge on any atom is 0.240 e. The maximum absolute atomic E-state index is 12.5. The predicted octanol–water partition coefficient (Wildman–Crippen LogP) is 3.29. The molecular formula is C17H18ClN3O2S. The molecule has 126 valence electrons. The molecule has 0 radical (unpaired) electrons. The van der Waals surface area contributed by atoms with Gasteiger partial charge in [0, 0.05) is 6.54 Å². The predicted molar refractivity (Wildman–Crippen MR) is 95.8 cm³/mol. The lowest BCUT2D eigenvalue weighted by molar-refractivity contribution is 0.554. The fraction of sp³-hybridized carbons (Fsp3) is 0.235. The highest BCUT2D eigenvalue weighted by atomic mass is 35.5. The summed E-state index contributed by atoms with van der Waals surface area (Å²) in [5, 5.41) is 6.81. The second-order valence-corrected chi connectivity index (χ2v) is 7.76. The van der Waals surface area contributed by atoms with Crippen molar-refractivity contribution < 1.29 is 8.42 Å². The second kappa shape index (κ2) is 6.55. The molecule has 0 atom stereocenters. The molecule has 0 unspecified atom stereocenters. The third kappa shape index (κ3) is 3.31. The molecule has 1 N–H and O–H groups in total. The van der Waals surface area contributed by atoms with Gasteiger partial charge in [0.05, 0.1) is 27.9 Å². The molecular weight excluding hydrogens is 346 g/mol. The average Bonchev–Trinajstić information content (AvgIpc) is 2.81. The van der Waals surface area contributed by atoms with Gasteiger partial charge in [0.1, 0.15) is 0 Å². The molecule has 0 fully saturated rings. The topological polar surface area (TPSA) is 64.0 Å². The molecule has 0 bridgehead atoms. The van der Waals surface area contributed by atoms with E-state index in [-0.39, 0.29) is 11.4 Å². The van der Waals surface area contributed by atoms with Crippen LogP contribution in [0.25, 0.3) is 10.8 Å². The molecule has 3 rings (SSSR count). The minimum Gasteiger partial charge on any atom is -0.267 e. The molecule has 0 spiro atoms. The number of aryl methyl sites for hydroxylation is 1. The first kappa shape index (κ1) is 17.0. The van der Waals surface area contributed by atoms with Crippen LogP contribution in [0.15, 0.2) is 47.4 Å². The zero-order chi connectivity index (χ0) is 17.3. The second-order valence-electron chi connectivity index (χ2n) is 5.61. The summed E-state index contributed by atoms with van der Waals surface area (Å²) >= 11 is 6.10. The van der Waals surface area contributed by atoms with E-state index < -0.39 is 10.0 Å².